The van der Waals surface area contributed by atoms with Gasteiger partial charge in [0, 0.05) is 33.9 Å². The van der Waals surface area contributed by atoms with Gasteiger partial charge < -0.3 is 9.32 Å². The number of nitrogens with zero attached hydrogens (tertiary/aromatic N) is 1. The summed E-state index contributed by atoms with van der Waals surface area (Å²) in [6.07, 6.45) is 6.39. The Morgan fingerprint density at radius 3 is 1.87 bits per heavy atom. The van der Waals surface area contributed by atoms with Crippen LogP contribution in [0.1, 0.15) is 65.8 Å². The van der Waals surface area contributed by atoms with Crippen LogP contribution in [0.25, 0.3) is 66.1 Å². The van der Waals surface area contributed by atoms with Crippen LogP contribution in [-0.2, 0) is 5.41 Å². The average Bonchev–Trinajstić information content (AvgIpc) is 3.84. The first kappa shape index (κ1) is 34.7. The molecule has 1 aromatic heterocycles. The van der Waals surface area contributed by atoms with E-state index in [1.54, 1.807) is 0 Å². The third kappa shape index (κ3) is 5.03. The highest BCUT2D eigenvalue weighted by Crippen LogP contribution is 2.64. The zero-order chi connectivity index (χ0) is 40.1. The van der Waals surface area contributed by atoms with Crippen molar-refractivity contribution in [2.75, 3.05) is 4.90 Å². The van der Waals surface area contributed by atoms with Gasteiger partial charge in [-0.3, -0.25) is 0 Å². The van der Waals surface area contributed by atoms with Gasteiger partial charge in [-0.1, -0.05) is 165 Å². The second-order valence-electron chi connectivity index (χ2n) is 17.4. The van der Waals surface area contributed by atoms with Gasteiger partial charge in [-0.05, 0) is 133 Å². The van der Waals surface area contributed by atoms with Crippen LogP contribution in [0.2, 0.25) is 0 Å². The van der Waals surface area contributed by atoms with Gasteiger partial charge in [-0.15, -0.1) is 0 Å². The Bertz CT molecular complexity index is 3350. The summed E-state index contributed by atoms with van der Waals surface area (Å²) in [5, 5.41) is 5.01. The lowest BCUT2D eigenvalue weighted by molar-refractivity contribution is 0.440. The highest BCUT2D eigenvalue weighted by atomic mass is 16.3. The Hall–Kier alpha value is -7.16. The van der Waals surface area contributed by atoms with Gasteiger partial charge >= 0.3 is 0 Å². The SMILES string of the molecule is c1ccc(-c2ccc(N(c3ccc4c(c3)C3(c5ccccc5-4)c4ccccc4-c4cccc5ccc(C6CCCCC6)c3c45)c3ccc4c(c3)oc3ccccc34)cc2)cc1. The summed E-state index contributed by atoms with van der Waals surface area (Å²) in [6, 6.07) is 72.6. The fourth-order valence-corrected chi connectivity index (χ4v) is 11.7. The molecule has 0 saturated heterocycles. The van der Waals surface area contributed by atoms with Crippen molar-refractivity contribution in [3.8, 4) is 33.4 Å². The molecule has 0 radical (unpaired) electrons. The fraction of sp³-hybridized carbons (Fsp3) is 0.119. The van der Waals surface area contributed by atoms with Gasteiger partial charge in [0.25, 0.3) is 0 Å². The molecule has 0 amide bonds. The van der Waals surface area contributed by atoms with Gasteiger partial charge in [0.05, 0.1) is 5.41 Å². The normalized spacial score (nSPS) is 16.5. The number of rotatable bonds is 5. The molecular weight excluding hydrogens is 739 g/mol. The quantitative estimate of drug-likeness (QED) is 0.173. The molecule has 1 saturated carbocycles. The van der Waals surface area contributed by atoms with E-state index in [1.165, 1.54) is 104 Å². The van der Waals surface area contributed by atoms with E-state index in [2.05, 4.69) is 193 Å². The molecule has 290 valence electrons. The summed E-state index contributed by atoms with van der Waals surface area (Å²) in [4.78, 5) is 2.43. The van der Waals surface area contributed by atoms with Crippen LogP contribution in [0.3, 0.4) is 0 Å². The van der Waals surface area contributed by atoms with E-state index >= 15 is 0 Å². The second-order valence-corrected chi connectivity index (χ2v) is 17.4. The minimum atomic E-state index is -0.509. The molecule has 3 aliphatic carbocycles. The first-order valence-electron chi connectivity index (χ1n) is 22.0. The Balaban J connectivity index is 1.10. The maximum absolute atomic E-state index is 6.55. The summed E-state index contributed by atoms with van der Waals surface area (Å²) in [7, 11) is 0. The van der Waals surface area contributed by atoms with Crippen molar-refractivity contribution in [1.29, 1.82) is 0 Å². The van der Waals surface area contributed by atoms with Gasteiger partial charge in [0.2, 0.25) is 0 Å². The van der Waals surface area contributed by atoms with E-state index in [0.29, 0.717) is 5.92 Å². The first-order valence-corrected chi connectivity index (χ1v) is 22.0. The van der Waals surface area contributed by atoms with Crippen LogP contribution in [-0.4, -0.2) is 0 Å². The lowest BCUT2D eigenvalue weighted by Gasteiger charge is -2.43. The number of furan rings is 1. The Labute approximate surface area is 356 Å². The van der Waals surface area contributed by atoms with Crippen LogP contribution >= 0.6 is 0 Å². The minimum absolute atomic E-state index is 0.509. The molecule has 1 fully saturated rings. The Kier molecular flexibility index (Phi) is 7.63. The van der Waals surface area contributed by atoms with E-state index in [9.17, 15) is 0 Å². The van der Waals surface area contributed by atoms with E-state index in [0.717, 1.165) is 39.0 Å². The van der Waals surface area contributed by atoms with E-state index in [4.69, 9.17) is 4.42 Å². The molecule has 61 heavy (non-hydrogen) atoms. The topological polar surface area (TPSA) is 16.4 Å². The zero-order valence-electron chi connectivity index (χ0n) is 33.9. The third-order valence-electron chi connectivity index (χ3n) is 14.3. The van der Waals surface area contributed by atoms with Crippen molar-refractivity contribution in [3.63, 3.8) is 0 Å². The van der Waals surface area contributed by atoms with Crippen molar-refractivity contribution in [1.82, 2.24) is 0 Å². The molecule has 1 unspecified atom stereocenters. The van der Waals surface area contributed by atoms with Crippen LogP contribution in [0.5, 0.6) is 0 Å². The number of anilines is 3. The van der Waals surface area contributed by atoms with E-state index in [1.807, 2.05) is 6.07 Å². The number of benzene rings is 9. The number of hydrogen-bond acceptors (Lipinski definition) is 2. The van der Waals surface area contributed by atoms with E-state index in [-0.39, 0.29) is 0 Å². The molecule has 1 spiro atoms. The minimum Gasteiger partial charge on any atom is -0.456 e. The molecule has 9 aromatic carbocycles. The average molecular weight is 782 g/mol. The molecule has 1 atom stereocenters. The zero-order valence-corrected chi connectivity index (χ0v) is 33.9. The first-order chi connectivity index (χ1) is 30.3. The molecular formula is C59H43NO. The predicted molar refractivity (Wildman–Crippen MR) is 253 cm³/mol. The largest absolute Gasteiger partial charge is 0.456 e. The molecule has 0 N–H and O–H groups in total. The molecule has 3 aliphatic rings. The predicted octanol–water partition coefficient (Wildman–Crippen LogP) is 16.3. The maximum Gasteiger partial charge on any atom is 0.137 e. The standard InChI is InChI=1S/C59H43NO/c1-3-14-38(15-4-1)39-26-29-42(30-27-39)60(44-32-35-50-49-21-9-12-25-55(49)61-56(50)37-44)43-31-34-48-46-19-7-10-23-52(46)59(54(48)36-43)53-24-11-8-20-47(53)51-22-13-18-41-28-33-45(58(59)57(41)51)40-16-5-2-6-17-40/h1,3-4,7-15,18-37,40H,2,5-6,16-17H2. The Morgan fingerprint density at radius 1 is 0.426 bits per heavy atom. The van der Waals surface area contributed by atoms with Crippen LogP contribution in [0.15, 0.2) is 199 Å². The molecule has 1 heterocycles. The fourth-order valence-electron chi connectivity index (χ4n) is 11.7. The molecule has 13 rings (SSSR count). The molecule has 2 nitrogen and oxygen atoms in total. The van der Waals surface area contributed by atoms with Crippen LogP contribution < -0.4 is 4.90 Å². The van der Waals surface area contributed by atoms with Crippen molar-refractivity contribution in [2.24, 2.45) is 0 Å². The van der Waals surface area contributed by atoms with Crippen molar-refractivity contribution in [2.45, 2.75) is 43.4 Å². The van der Waals surface area contributed by atoms with Crippen LogP contribution in [0, 0.1) is 0 Å². The smallest absolute Gasteiger partial charge is 0.137 e. The molecule has 10 aromatic rings. The summed E-state index contributed by atoms with van der Waals surface area (Å²) in [6.45, 7) is 0. The highest BCUT2D eigenvalue weighted by Gasteiger charge is 2.51. The molecule has 2 heteroatoms. The van der Waals surface area contributed by atoms with E-state index < -0.39 is 5.41 Å². The van der Waals surface area contributed by atoms with Gasteiger partial charge in [0.1, 0.15) is 11.2 Å². The lowest BCUT2D eigenvalue weighted by Crippen LogP contribution is -2.34. The lowest BCUT2D eigenvalue weighted by atomic mass is 9.59. The number of hydrogen-bond donors (Lipinski definition) is 0. The van der Waals surface area contributed by atoms with Crippen molar-refractivity contribution >= 4 is 49.8 Å². The number of fused-ring (bicyclic) bond motifs is 12. The Morgan fingerprint density at radius 2 is 1.05 bits per heavy atom. The van der Waals surface area contributed by atoms with Gasteiger partial charge in [-0.25, -0.2) is 0 Å². The monoisotopic (exact) mass is 781 g/mol. The summed E-state index contributed by atoms with van der Waals surface area (Å²) < 4.78 is 6.55. The number of para-hydroxylation sites is 1. The van der Waals surface area contributed by atoms with Crippen molar-refractivity contribution < 1.29 is 4.42 Å². The van der Waals surface area contributed by atoms with Gasteiger partial charge in [0.15, 0.2) is 0 Å². The summed E-state index contributed by atoms with van der Waals surface area (Å²) in [5.41, 5.74) is 19.4. The summed E-state index contributed by atoms with van der Waals surface area (Å²) >= 11 is 0. The second kappa shape index (κ2) is 13.4. The van der Waals surface area contributed by atoms with Crippen LogP contribution in [0.4, 0.5) is 17.1 Å². The molecule has 0 bridgehead atoms. The highest BCUT2D eigenvalue weighted by molar-refractivity contribution is 6.09. The summed E-state index contributed by atoms with van der Waals surface area (Å²) in [5.74, 6) is 0.526. The van der Waals surface area contributed by atoms with Gasteiger partial charge in [-0.2, -0.15) is 0 Å². The molecule has 0 aliphatic heterocycles. The third-order valence-corrected chi connectivity index (χ3v) is 14.3. The maximum atomic E-state index is 6.55. The van der Waals surface area contributed by atoms with Crippen molar-refractivity contribution in [3.05, 3.63) is 222 Å².